The maximum absolute atomic E-state index is 13.3. The Hall–Kier alpha value is -1.79. The molecule has 33 heavy (non-hydrogen) atoms. The molecule has 7 heteroatoms. The summed E-state index contributed by atoms with van der Waals surface area (Å²) in [5, 5.41) is 6.00. The molecular weight excluding hydrogens is 438 g/mol. The Labute approximate surface area is 202 Å². The van der Waals surface area contributed by atoms with Crippen LogP contribution in [0.3, 0.4) is 0 Å². The third kappa shape index (κ3) is 5.48. The monoisotopic (exact) mass is 475 g/mol. The number of benzene rings is 1. The van der Waals surface area contributed by atoms with Crippen LogP contribution in [-0.2, 0) is 9.59 Å². The molecule has 4 aliphatic rings. The van der Waals surface area contributed by atoms with Gasteiger partial charge in [0.15, 0.2) is 5.60 Å². The maximum Gasteiger partial charge on any atom is 0.263 e. The van der Waals surface area contributed by atoms with Crippen LogP contribution in [0.5, 0.6) is 5.75 Å². The molecule has 0 radical (unpaired) electrons. The van der Waals surface area contributed by atoms with Gasteiger partial charge in [-0.05, 0) is 94.4 Å². The second kappa shape index (κ2) is 9.83. The van der Waals surface area contributed by atoms with Gasteiger partial charge in [-0.15, -0.1) is 0 Å². The molecule has 2 unspecified atom stereocenters. The lowest BCUT2D eigenvalue weighted by Crippen LogP contribution is -2.61. The summed E-state index contributed by atoms with van der Waals surface area (Å²) in [5.74, 6) is 1.61. The van der Waals surface area contributed by atoms with E-state index in [-0.39, 0.29) is 29.7 Å². The van der Waals surface area contributed by atoms with Crippen molar-refractivity contribution in [3.8, 4) is 5.75 Å². The Morgan fingerprint density at radius 1 is 1.12 bits per heavy atom. The normalized spacial score (nSPS) is 30.0. The molecule has 2 amide bonds. The highest BCUT2D eigenvalue weighted by atomic mass is 35.5. The number of carbonyl (C=O) groups excluding carboxylic acids is 2. The van der Waals surface area contributed by atoms with Gasteiger partial charge < -0.3 is 10.1 Å². The Bertz CT molecular complexity index is 884. The molecule has 6 nitrogen and oxygen atoms in total. The minimum absolute atomic E-state index is 0.00806. The quantitative estimate of drug-likeness (QED) is 0.636. The standard InChI is InChI=1S/C26H38ClN3O3/c1-16-13-19(27)8-9-22(16)33-26(3,4)25(32)28-21-15-18-12-17(2)23(21)20(14-18)24(31)29-30-10-6-5-7-11-30/h8-9,13,17-18,20-21,23H,5-7,10-12,14-15H2,1-4H3,(H,28,32)(H,29,31)/t17-,18?,20+,21+,23?/m0/s1. The number of piperidine rings is 1. The number of nitrogens with one attached hydrogen (secondary N) is 2. The van der Waals surface area contributed by atoms with E-state index in [0.717, 1.165) is 50.8 Å². The Kier molecular flexibility index (Phi) is 7.25. The number of halogens is 1. The Balaban J connectivity index is 1.43. The predicted octanol–water partition coefficient (Wildman–Crippen LogP) is 4.49. The molecule has 182 valence electrons. The highest BCUT2D eigenvalue weighted by molar-refractivity contribution is 6.30. The van der Waals surface area contributed by atoms with Gasteiger partial charge >= 0.3 is 0 Å². The Morgan fingerprint density at radius 3 is 2.52 bits per heavy atom. The van der Waals surface area contributed by atoms with Crippen LogP contribution >= 0.6 is 11.6 Å². The van der Waals surface area contributed by atoms with Gasteiger partial charge in [-0.1, -0.05) is 24.9 Å². The smallest absolute Gasteiger partial charge is 0.263 e. The summed E-state index contributed by atoms with van der Waals surface area (Å²) in [6, 6.07) is 5.40. The molecule has 0 aromatic heterocycles. The van der Waals surface area contributed by atoms with E-state index in [0.29, 0.717) is 22.6 Å². The number of hydrogen-bond donors (Lipinski definition) is 2. The summed E-state index contributed by atoms with van der Waals surface area (Å²) >= 11 is 6.06. The van der Waals surface area contributed by atoms with Gasteiger partial charge in [0.05, 0.1) is 0 Å². The molecule has 1 aromatic rings. The number of carbonyl (C=O) groups is 2. The molecule has 1 saturated heterocycles. The van der Waals surface area contributed by atoms with E-state index in [1.54, 1.807) is 26.0 Å². The third-order valence-electron chi connectivity index (χ3n) is 7.79. The lowest BCUT2D eigenvalue weighted by molar-refractivity contribution is -0.144. The molecule has 4 fully saturated rings. The van der Waals surface area contributed by atoms with Crippen molar-refractivity contribution in [2.24, 2.45) is 23.7 Å². The number of hydrogen-bond acceptors (Lipinski definition) is 4. The molecule has 0 spiro atoms. The highest BCUT2D eigenvalue weighted by Gasteiger charge is 2.50. The van der Waals surface area contributed by atoms with Crippen LogP contribution < -0.4 is 15.5 Å². The number of nitrogens with zero attached hydrogens (tertiary/aromatic N) is 1. The molecule has 2 N–H and O–H groups in total. The van der Waals surface area contributed by atoms with Crippen molar-refractivity contribution in [1.29, 1.82) is 0 Å². The average Bonchev–Trinajstić information content (AvgIpc) is 2.76. The molecule has 5 atom stereocenters. The Morgan fingerprint density at radius 2 is 1.85 bits per heavy atom. The predicted molar refractivity (Wildman–Crippen MR) is 130 cm³/mol. The minimum atomic E-state index is -1.04. The van der Waals surface area contributed by atoms with Gasteiger partial charge in [0.25, 0.3) is 5.91 Å². The van der Waals surface area contributed by atoms with Crippen molar-refractivity contribution in [2.75, 3.05) is 13.1 Å². The fourth-order valence-corrected chi connectivity index (χ4v) is 6.38. The van der Waals surface area contributed by atoms with Crippen LogP contribution in [0, 0.1) is 30.6 Å². The number of fused-ring (bicyclic) bond motifs is 3. The number of aryl methyl sites for hydroxylation is 1. The molecule has 2 bridgehead atoms. The van der Waals surface area contributed by atoms with Crippen LogP contribution in [-0.4, -0.2) is 41.6 Å². The zero-order chi connectivity index (χ0) is 23.8. The lowest BCUT2D eigenvalue weighted by atomic mass is 9.57. The number of rotatable bonds is 6. The number of ether oxygens (including phenoxy) is 1. The zero-order valence-corrected chi connectivity index (χ0v) is 21.1. The minimum Gasteiger partial charge on any atom is -0.478 e. The maximum atomic E-state index is 13.3. The molecule has 1 aromatic carbocycles. The fourth-order valence-electron chi connectivity index (χ4n) is 6.15. The fraction of sp³-hybridized carbons (Fsp3) is 0.692. The SMILES string of the molecule is Cc1cc(Cl)ccc1OC(C)(C)C(=O)N[C@@H]1CC2C[C@H](C)C1[C@H](C(=O)NN1CCCCC1)C2. The summed E-state index contributed by atoms with van der Waals surface area (Å²) in [5.41, 5.74) is 3.04. The zero-order valence-electron chi connectivity index (χ0n) is 20.3. The third-order valence-corrected chi connectivity index (χ3v) is 8.03. The summed E-state index contributed by atoms with van der Waals surface area (Å²) in [4.78, 5) is 26.6. The van der Waals surface area contributed by atoms with Crippen LogP contribution in [0.25, 0.3) is 0 Å². The number of hydrazine groups is 1. The molecule has 3 aliphatic carbocycles. The van der Waals surface area contributed by atoms with Gasteiger partial charge in [-0.25, -0.2) is 5.01 Å². The number of amides is 2. The van der Waals surface area contributed by atoms with E-state index in [9.17, 15) is 9.59 Å². The van der Waals surface area contributed by atoms with Gasteiger partial charge in [0, 0.05) is 30.1 Å². The summed E-state index contributed by atoms with van der Waals surface area (Å²) < 4.78 is 6.12. The van der Waals surface area contributed by atoms with Gasteiger partial charge in [0.2, 0.25) is 5.91 Å². The topological polar surface area (TPSA) is 70.7 Å². The van der Waals surface area contributed by atoms with E-state index < -0.39 is 5.60 Å². The van der Waals surface area contributed by atoms with Gasteiger partial charge in [0.1, 0.15) is 5.75 Å². The van der Waals surface area contributed by atoms with Crippen LogP contribution in [0.4, 0.5) is 0 Å². The second-order valence-corrected chi connectivity index (χ2v) is 11.3. The van der Waals surface area contributed by atoms with Gasteiger partial charge in [-0.3, -0.25) is 15.0 Å². The first-order chi connectivity index (χ1) is 15.6. The van der Waals surface area contributed by atoms with Crippen molar-refractivity contribution in [3.63, 3.8) is 0 Å². The van der Waals surface area contributed by atoms with E-state index in [1.807, 2.05) is 13.0 Å². The second-order valence-electron chi connectivity index (χ2n) is 10.9. The van der Waals surface area contributed by atoms with E-state index >= 15 is 0 Å². The summed E-state index contributed by atoms with van der Waals surface area (Å²) in [6.07, 6.45) is 6.49. The molecule has 1 heterocycles. The van der Waals surface area contributed by atoms with Crippen molar-refractivity contribution < 1.29 is 14.3 Å². The largest absolute Gasteiger partial charge is 0.478 e. The van der Waals surface area contributed by atoms with Crippen molar-refractivity contribution in [3.05, 3.63) is 28.8 Å². The summed E-state index contributed by atoms with van der Waals surface area (Å²) in [6.45, 7) is 9.59. The first kappa shape index (κ1) is 24.3. The summed E-state index contributed by atoms with van der Waals surface area (Å²) in [7, 11) is 0. The highest BCUT2D eigenvalue weighted by Crippen LogP contribution is 2.48. The van der Waals surface area contributed by atoms with E-state index in [1.165, 1.54) is 6.42 Å². The molecule has 1 aliphatic heterocycles. The van der Waals surface area contributed by atoms with Crippen molar-refractivity contribution in [1.82, 2.24) is 15.8 Å². The van der Waals surface area contributed by atoms with Crippen LogP contribution in [0.15, 0.2) is 18.2 Å². The molecule has 3 saturated carbocycles. The van der Waals surface area contributed by atoms with Crippen molar-refractivity contribution in [2.45, 2.75) is 77.9 Å². The van der Waals surface area contributed by atoms with Crippen LogP contribution in [0.1, 0.15) is 64.9 Å². The van der Waals surface area contributed by atoms with Gasteiger partial charge in [-0.2, -0.15) is 0 Å². The van der Waals surface area contributed by atoms with E-state index in [2.05, 4.69) is 22.7 Å². The van der Waals surface area contributed by atoms with Crippen LogP contribution in [0.2, 0.25) is 5.02 Å². The molecular formula is C26H38ClN3O3. The molecule has 5 rings (SSSR count). The van der Waals surface area contributed by atoms with Crippen molar-refractivity contribution >= 4 is 23.4 Å². The lowest BCUT2D eigenvalue weighted by Gasteiger charge is -2.51. The first-order valence-electron chi connectivity index (χ1n) is 12.5. The first-order valence-corrected chi connectivity index (χ1v) is 12.8. The average molecular weight is 476 g/mol. The van der Waals surface area contributed by atoms with E-state index in [4.69, 9.17) is 16.3 Å².